The zero-order valence-corrected chi connectivity index (χ0v) is 15.4. The molecular weight excluding hydrogens is 360 g/mol. The van der Waals surface area contributed by atoms with Crippen LogP contribution in [0.4, 0.5) is 0 Å². The molecule has 0 spiro atoms. The molecule has 1 heterocycles. The van der Waals surface area contributed by atoms with E-state index in [1.807, 2.05) is 19.1 Å². The maximum absolute atomic E-state index is 11.7. The Morgan fingerprint density at radius 3 is 2.91 bits per heavy atom. The first kappa shape index (κ1) is 18.1. The fourth-order valence-corrected chi connectivity index (χ4v) is 2.87. The van der Waals surface area contributed by atoms with Crippen LogP contribution in [-0.4, -0.2) is 31.7 Å². The highest BCUT2D eigenvalue weighted by Crippen LogP contribution is 2.38. The number of carbonyl (C=O) groups excluding carboxylic acids is 1. The fraction of sp³-hybridized carbons (Fsp3) is 0.588. The number of benzene rings is 1. The lowest BCUT2D eigenvalue weighted by Gasteiger charge is -2.13. The van der Waals surface area contributed by atoms with Crippen LogP contribution in [0, 0.1) is 0 Å². The summed E-state index contributed by atoms with van der Waals surface area (Å²) in [6, 6.07) is 4.26. The maximum atomic E-state index is 11.7. The molecule has 0 bridgehead atoms. The van der Waals surface area contributed by atoms with Crippen molar-refractivity contribution >= 4 is 21.8 Å². The van der Waals surface area contributed by atoms with Crippen molar-refractivity contribution in [2.75, 3.05) is 19.8 Å². The quantitative estimate of drug-likeness (QED) is 0.709. The number of nitrogens with one attached hydrogen (secondary N) is 2. The molecule has 6 heteroatoms. The zero-order valence-electron chi connectivity index (χ0n) is 13.8. The standard InChI is InChI=1S/C17H25BrN2O3/c1-3-12(2)20-16(21)5-6-19-11-13-9-14(18)17-15(10-13)22-7-4-8-23-17/h9-10,12,19H,3-8,11H2,1-2H3,(H,20,21). The number of rotatable bonds is 7. The van der Waals surface area contributed by atoms with Gasteiger partial charge in [0.25, 0.3) is 0 Å². The molecule has 2 rings (SSSR count). The predicted octanol–water partition coefficient (Wildman–Crippen LogP) is 3.00. The maximum Gasteiger partial charge on any atom is 0.221 e. The van der Waals surface area contributed by atoms with Crippen molar-refractivity contribution in [3.8, 4) is 11.5 Å². The van der Waals surface area contributed by atoms with E-state index in [9.17, 15) is 4.79 Å². The van der Waals surface area contributed by atoms with Crippen molar-refractivity contribution in [3.63, 3.8) is 0 Å². The largest absolute Gasteiger partial charge is 0.490 e. The molecule has 2 N–H and O–H groups in total. The molecule has 1 aromatic rings. The highest BCUT2D eigenvalue weighted by Gasteiger charge is 2.15. The van der Waals surface area contributed by atoms with E-state index >= 15 is 0 Å². The van der Waals surface area contributed by atoms with E-state index in [4.69, 9.17) is 9.47 Å². The van der Waals surface area contributed by atoms with Gasteiger partial charge in [-0.2, -0.15) is 0 Å². The van der Waals surface area contributed by atoms with Crippen molar-refractivity contribution in [2.45, 2.75) is 45.7 Å². The average molecular weight is 385 g/mol. The van der Waals surface area contributed by atoms with Crippen molar-refractivity contribution < 1.29 is 14.3 Å². The van der Waals surface area contributed by atoms with E-state index < -0.39 is 0 Å². The number of hydrogen-bond donors (Lipinski definition) is 2. The van der Waals surface area contributed by atoms with Crippen LogP contribution in [0.3, 0.4) is 0 Å². The Morgan fingerprint density at radius 1 is 1.35 bits per heavy atom. The second kappa shape index (κ2) is 9.13. The highest BCUT2D eigenvalue weighted by atomic mass is 79.9. The van der Waals surface area contributed by atoms with Crippen LogP contribution in [0.15, 0.2) is 16.6 Å². The number of fused-ring (bicyclic) bond motifs is 1. The smallest absolute Gasteiger partial charge is 0.221 e. The van der Waals surface area contributed by atoms with Crippen molar-refractivity contribution in [1.29, 1.82) is 0 Å². The number of carbonyl (C=O) groups is 1. The van der Waals surface area contributed by atoms with Gasteiger partial charge in [-0.1, -0.05) is 6.92 Å². The molecule has 1 amide bonds. The van der Waals surface area contributed by atoms with Gasteiger partial charge in [0.2, 0.25) is 5.91 Å². The summed E-state index contributed by atoms with van der Waals surface area (Å²) < 4.78 is 12.3. The Labute approximate surface area is 146 Å². The Kier molecular flexibility index (Phi) is 7.17. The molecule has 1 unspecified atom stereocenters. The van der Waals surface area contributed by atoms with Gasteiger partial charge in [-0.15, -0.1) is 0 Å². The molecule has 0 aliphatic carbocycles. The van der Waals surface area contributed by atoms with E-state index in [1.165, 1.54) is 0 Å². The minimum absolute atomic E-state index is 0.0895. The normalized spacial score (nSPS) is 14.9. The lowest BCUT2D eigenvalue weighted by molar-refractivity contribution is -0.121. The number of halogens is 1. The molecule has 1 aliphatic heterocycles. The first-order valence-electron chi connectivity index (χ1n) is 8.18. The summed E-state index contributed by atoms with van der Waals surface area (Å²) >= 11 is 3.54. The topological polar surface area (TPSA) is 59.6 Å². The van der Waals surface area contributed by atoms with E-state index in [0.717, 1.165) is 34.4 Å². The van der Waals surface area contributed by atoms with E-state index in [-0.39, 0.29) is 11.9 Å². The Hall–Kier alpha value is -1.27. The molecule has 1 atom stereocenters. The molecule has 1 aromatic carbocycles. The number of ether oxygens (including phenoxy) is 2. The summed E-state index contributed by atoms with van der Waals surface area (Å²) in [5.74, 6) is 1.65. The molecule has 5 nitrogen and oxygen atoms in total. The SMILES string of the molecule is CCC(C)NC(=O)CCNCc1cc(Br)c2c(c1)OCCCO2. The van der Waals surface area contributed by atoms with Gasteiger partial charge in [-0.25, -0.2) is 0 Å². The predicted molar refractivity (Wildman–Crippen MR) is 94.0 cm³/mol. The monoisotopic (exact) mass is 384 g/mol. The van der Waals surface area contributed by atoms with Gasteiger partial charge in [0.1, 0.15) is 0 Å². The summed E-state index contributed by atoms with van der Waals surface area (Å²) in [5.41, 5.74) is 1.10. The second-order valence-corrected chi connectivity index (χ2v) is 6.61. The Bertz CT molecular complexity index is 537. The minimum atomic E-state index is 0.0895. The molecule has 0 saturated heterocycles. The third-order valence-corrected chi connectivity index (χ3v) is 4.33. The van der Waals surface area contributed by atoms with Crippen LogP contribution >= 0.6 is 15.9 Å². The summed E-state index contributed by atoms with van der Waals surface area (Å²) in [5, 5.41) is 6.26. The minimum Gasteiger partial charge on any atom is -0.490 e. The zero-order chi connectivity index (χ0) is 16.7. The molecule has 0 radical (unpaired) electrons. The van der Waals surface area contributed by atoms with Gasteiger partial charge in [0.05, 0.1) is 17.7 Å². The first-order valence-corrected chi connectivity index (χ1v) is 8.97. The van der Waals surface area contributed by atoms with Crippen LogP contribution < -0.4 is 20.1 Å². The third-order valence-electron chi connectivity index (χ3n) is 3.74. The molecule has 1 aliphatic rings. The van der Waals surface area contributed by atoms with Crippen LogP contribution in [0.25, 0.3) is 0 Å². The summed E-state index contributed by atoms with van der Waals surface area (Å²) in [4.78, 5) is 11.7. The molecule has 0 saturated carbocycles. The van der Waals surface area contributed by atoms with Gasteiger partial charge in [-0.3, -0.25) is 4.79 Å². The highest BCUT2D eigenvalue weighted by molar-refractivity contribution is 9.10. The number of amides is 1. The molecule has 0 aromatic heterocycles. The van der Waals surface area contributed by atoms with Gasteiger partial charge in [0.15, 0.2) is 11.5 Å². The van der Waals surface area contributed by atoms with Crippen LogP contribution in [0.2, 0.25) is 0 Å². The van der Waals surface area contributed by atoms with Crippen molar-refractivity contribution in [2.24, 2.45) is 0 Å². The van der Waals surface area contributed by atoms with Gasteiger partial charge in [0, 0.05) is 32.0 Å². The Balaban J connectivity index is 1.81. The van der Waals surface area contributed by atoms with E-state index in [2.05, 4.69) is 33.5 Å². The molecule has 0 fully saturated rings. The van der Waals surface area contributed by atoms with Gasteiger partial charge < -0.3 is 20.1 Å². The summed E-state index contributed by atoms with van der Waals surface area (Å²) in [6.45, 7) is 6.76. The molecule has 23 heavy (non-hydrogen) atoms. The van der Waals surface area contributed by atoms with Crippen LogP contribution in [-0.2, 0) is 11.3 Å². The summed E-state index contributed by atoms with van der Waals surface area (Å²) in [6.07, 6.45) is 2.32. The summed E-state index contributed by atoms with van der Waals surface area (Å²) in [7, 11) is 0. The Morgan fingerprint density at radius 2 is 2.13 bits per heavy atom. The first-order chi connectivity index (χ1) is 11.1. The molecular formula is C17H25BrN2O3. The van der Waals surface area contributed by atoms with E-state index in [1.54, 1.807) is 0 Å². The molecule has 128 valence electrons. The van der Waals surface area contributed by atoms with Gasteiger partial charge >= 0.3 is 0 Å². The lowest BCUT2D eigenvalue weighted by atomic mass is 10.2. The average Bonchev–Trinajstić information content (AvgIpc) is 2.77. The van der Waals surface area contributed by atoms with Crippen molar-refractivity contribution in [3.05, 3.63) is 22.2 Å². The number of hydrogen-bond acceptors (Lipinski definition) is 4. The second-order valence-electron chi connectivity index (χ2n) is 5.76. The van der Waals surface area contributed by atoms with E-state index in [0.29, 0.717) is 32.7 Å². The fourth-order valence-electron chi connectivity index (χ4n) is 2.27. The third kappa shape index (κ3) is 5.70. The van der Waals surface area contributed by atoms with Gasteiger partial charge in [-0.05, 0) is 47.0 Å². The van der Waals surface area contributed by atoms with Crippen LogP contribution in [0.1, 0.15) is 38.7 Å². The lowest BCUT2D eigenvalue weighted by Crippen LogP contribution is -2.33. The van der Waals surface area contributed by atoms with Crippen LogP contribution in [0.5, 0.6) is 11.5 Å². The van der Waals surface area contributed by atoms with Crippen molar-refractivity contribution in [1.82, 2.24) is 10.6 Å².